The molecule has 0 radical (unpaired) electrons. The van der Waals surface area contributed by atoms with Crippen LogP contribution < -0.4 is 0 Å². The number of isocyanates is 1. The van der Waals surface area contributed by atoms with Crippen molar-refractivity contribution in [3.63, 3.8) is 0 Å². The summed E-state index contributed by atoms with van der Waals surface area (Å²) in [5.41, 5.74) is -5.02. The van der Waals surface area contributed by atoms with E-state index < -0.39 is 82.1 Å². The SMILES string of the molecule is CC[C@H]1OC(=O)C(C)(C)C(=O)[C@H](C)[C@@H](O[C@@H]2O[C@H](C)C[C@H](N(C)C)[C@H]2OC)[C@@](C)(OCC#CCN=C=O)C[C@@H](C)C2=NC(C)(C)C(C)(C)N3C(=O)O[C@@]1(C)[C@H]3[C@H]2C. The first-order valence-electron chi connectivity index (χ1n) is 20.4. The smallest absolute Gasteiger partial charge is 0.411 e. The molecule has 12 atom stereocenters. The number of methoxy groups -OCH3 is 1. The van der Waals surface area contributed by atoms with E-state index in [2.05, 4.69) is 28.7 Å². The monoisotopic (exact) mass is 800 g/mol. The Morgan fingerprint density at radius 3 is 2.21 bits per heavy atom. The first kappa shape index (κ1) is 46.5. The van der Waals surface area contributed by atoms with Gasteiger partial charge in [-0.1, -0.05) is 39.5 Å². The minimum absolute atomic E-state index is 0.0459. The molecule has 57 heavy (non-hydrogen) atoms. The fraction of sp³-hybridized carbons (Fsp3) is 0.837. The number of ether oxygens (including phenoxy) is 6. The van der Waals surface area contributed by atoms with Gasteiger partial charge in [0.05, 0.1) is 34.9 Å². The van der Waals surface area contributed by atoms with E-state index >= 15 is 0 Å². The number of carbonyl (C=O) groups excluding carboxylic acids is 4. The summed E-state index contributed by atoms with van der Waals surface area (Å²) < 4.78 is 39.1. The van der Waals surface area contributed by atoms with Gasteiger partial charge in [-0.3, -0.25) is 19.5 Å². The van der Waals surface area contributed by atoms with Gasteiger partial charge in [0.1, 0.15) is 30.8 Å². The van der Waals surface area contributed by atoms with Crippen molar-refractivity contribution in [1.29, 1.82) is 0 Å². The summed E-state index contributed by atoms with van der Waals surface area (Å²) in [5, 5.41) is 0. The van der Waals surface area contributed by atoms with Gasteiger partial charge < -0.3 is 33.3 Å². The minimum Gasteiger partial charge on any atom is -0.457 e. The van der Waals surface area contributed by atoms with Crippen LogP contribution in [0.2, 0.25) is 0 Å². The molecule has 0 spiro atoms. The molecule has 4 aliphatic rings. The molecule has 4 rings (SSSR count). The molecule has 14 heteroatoms. The van der Waals surface area contributed by atoms with Gasteiger partial charge in [-0.25, -0.2) is 9.59 Å². The first-order chi connectivity index (χ1) is 26.4. The molecule has 0 aromatic heterocycles. The van der Waals surface area contributed by atoms with Gasteiger partial charge in [0.15, 0.2) is 17.7 Å². The first-order valence-corrected chi connectivity index (χ1v) is 20.4. The van der Waals surface area contributed by atoms with E-state index in [0.29, 0.717) is 19.3 Å². The quantitative estimate of drug-likeness (QED) is 0.102. The zero-order chi connectivity index (χ0) is 43.1. The van der Waals surface area contributed by atoms with Gasteiger partial charge >= 0.3 is 12.1 Å². The molecule has 14 nitrogen and oxygen atoms in total. The highest BCUT2D eigenvalue weighted by atomic mass is 16.7. The van der Waals surface area contributed by atoms with Crippen molar-refractivity contribution in [2.45, 2.75) is 174 Å². The lowest BCUT2D eigenvalue weighted by molar-refractivity contribution is -0.300. The Bertz CT molecular complexity index is 1660. The number of likely N-dealkylation sites (N-methyl/N-ethyl adjacent to an activating group) is 1. The molecular weight excluding hydrogens is 732 g/mol. The second-order valence-corrected chi connectivity index (χ2v) is 18.7. The molecule has 3 saturated heterocycles. The van der Waals surface area contributed by atoms with Crippen LogP contribution in [0.5, 0.6) is 0 Å². The molecule has 2 bridgehead atoms. The average Bonchev–Trinajstić information content (AvgIpc) is 3.38. The second kappa shape index (κ2) is 17.2. The zero-order valence-corrected chi connectivity index (χ0v) is 37.2. The maximum atomic E-state index is 15.0. The number of esters is 1. The Kier molecular flexibility index (Phi) is 14.0. The van der Waals surface area contributed by atoms with Crippen molar-refractivity contribution in [2.24, 2.45) is 33.2 Å². The number of carbonyl (C=O) groups is 3. The molecule has 0 aliphatic carbocycles. The predicted molar refractivity (Wildman–Crippen MR) is 214 cm³/mol. The normalized spacial score (nSPS) is 39.1. The van der Waals surface area contributed by atoms with Crippen molar-refractivity contribution in [3.05, 3.63) is 0 Å². The molecule has 4 aliphatic heterocycles. The van der Waals surface area contributed by atoms with E-state index in [0.717, 1.165) is 5.71 Å². The van der Waals surface area contributed by atoms with Gasteiger partial charge in [-0.05, 0) is 102 Å². The number of ketones is 1. The lowest BCUT2D eigenvalue weighted by Gasteiger charge is -2.49. The topological polar surface area (TPSA) is 155 Å². The Morgan fingerprint density at radius 2 is 1.63 bits per heavy atom. The van der Waals surface area contributed by atoms with Gasteiger partial charge in [-0.15, -0.1) is 0 Å². The van der Waals surface area contributed by atoms with Crippen LogP contribution >= 0.6 is 0 Å². The number of aliphatic imine (C=N–C) groups is 2. The Morgan fingerprint density at radius 1 is 0.982 bits per heavy atom. The van der Waals surface area contributed by atoms with Crippen molar-refractivity contribution in [3.8, 4) is 11.8 Å². The van der Waals surface area contributed by atoms with Crippen LogP contribution in [0.3, 0.4) is 0 Å². The molecule has 320 valence electrons. The predicted octanol–water partition coefficient (Wildman–Crippen LogP) is 5.39. The van der Waals surface area contributed by atoms with Crippen LogP contribution in [-0.4, -0.2) is 139 Å². The summed E-state index contributed by atoms with van der Waals surface area (Å²) in [6.07, 6.45) is -1.24. The molecule has 0 unspecified atom stereocenters. The molecule has 0 aromatic carbocycles. The van der Waals surface area contributed by atoms with Crippen LogP contribution in [0.4, 0.5) is 4.79 Å². The molecule has 0 aromatic rings. The van der Waals surface area contributed by atoms with E-state index in [9.17, 15) is 19.2 Å². The maximum Gasteiger partial charge on any atom is 0.411 e. The van der Waals surface area contributed by atoms with Crippen LogP contribution in [0.1, 0.15) is 109 Å². The number of cyclic esters (lactones) is 1. The number of nitrogens with zero attached hydrogens (tertiary/aromatic N) is 4. The third-order valence-corrected chi connectivity index (χ3v) is 13.5. The highest BCUT2D eigenvalue weighted by molar-refractivity contribution is 6.04. The summed E-state index contributed by atoms with van der Waals surface area (Å²) in [4.78, 5) is 67.1. The van der Waals surface area contributed by atoms with E-state index in [1.807, 2.05) is 76.4 Å². The third kappa shape index (κ3) is 8.62. The molecule has 0 N–H and O–H groups in total. The number of fused-ring (bicyclic) bond motifs is 1. The largest absolute Gasteiger partial charge is 0.457 e. The Labute approximate surface area is 340 Å². The summed E-state index contributed by atoms with van der Waals surface area (Å²) in [7, 11) is 5.57. The summed E-state index contributed by atoms with van der Waals surface area (Å²) in [5.74, 6) is 2.97. The standard InChI is InChI=1S/C43H68N4O10/c1-17-30-43(13)33-27(4)31(45-40(8,9)41(10,11)47(33)38(51)57-43)25(2)23-42(12,53-21-19-18-20-44-24-48)35(28(5)34(49)39(6,7)37(50)55-30)56-36-32(52-16)29(46(14)15)22-26(3)54-36/h25-30,32-33,35-36H,17,20-23H2,1-16H3/t25-,26-,27+,28+,29+,30-,32-,33-,35-,36+,42+,43-/m1/s1. The third-order valence-electron chi connectivity index (χ3n) is 13.5. The van der Waals surface area contributed by atoms with E-state index in [4.69, 9.17) is 33.4 Å². The minimum atomic E-state index is -1.66. The molecule has 3 fully saturated rings. The van der Waals surface area contributed by atoms with Crippen molar-refractivity contribution >= 4 is 29.6 Å². The molecule has 1 amide bonds. The average molecular weight is 801 g/mol. The fourth-order valence-electron chi connectivity index (χ4n) is 9.67. The van der Waals surface area contributed by atoms with Gasteiger partial charge in [0, 0.05) is 30.7 Å². The molecule has 4 heterocycles. The number of hydrogen-bond donors (Lipinski definition) is 0. The number of amides is 1. The highest BCUT2D eigenvalue weighted by Crippen LogP contribution is 2.50. The van der Waals surface area contributed by atoms with Crippen LogP contribution in [-0.2, 0) is 42.8 Å². The summed E-state index contributed by atoms with van der Waals surface area (Å²) in [6, 6.07) is -0.659. The lowest BCUT2D eigenvalue weighted by atomic mass is 9.71. The highest BCUT2D eigenvalue weighted by Gasteiger charge is 2.66. The summed E-state index contributed by atoms with van der Waals surface area (Å²) in [6.45, 7) is 24.4. The van der Waals surface area contributed by atoms with Crippen LogP contribution in [0.15, 0.2) is 9.98 Å². The van der Waals surface area contributed by atoms with Crippen molar-refractivity contribution in [1.82, 2.24) is 9.80 Å². The fourth-order valence-corrected chi connectivity index (χ4v) is 9.67. The molecule has 0 saturated carbocycles. The van der Waals surface area contributed by atoms with Gasteiger partial charge in [0.2, 0.25) is 6.08 Å². The Balaban J connectivity index is 2.00. The zero-order valence-electron chi connectivity index (χ0n) is 37.2. The summed E-state index contributed by atoms with van der Waals surface area (Å²) >= 11 is 0. The Hall–Kier alpha value is -3.18. The lowest BCUT2D eigenvalue weighted by Crippen LogP contribution is -2.64. The van der Waals surface area contributed by atoms with E-state index in [1.165, 1.54) is 6.08 Å². The molecular formula is C43H68N4O10. The van der Waals surface area contributed by atoms with Crippen LogP contribution in [0, 0.1) is 35.0 Å². The van der Waals surface area contributed by atoms with Gasteiger partial charge in [0.25, 0.3) is 0 Å². The second-order valence-electron chi connectivity index (χ2n) is 18.7. The van der Waals surface area contributed by atoms with E-state index in [1.54, 1.807) is 32.8 Å². The maximum absolute atomic E-state index is 15.0. The van der Waals surface area contributed by atoms with Crippen molar-refractivity contribution < 1.29 is 47.6 Å². The van der Waals surface area contributed by atoms with E-state index in [-0.39, 0.29) is 37.1 Å². The number of Topliss-reactive ketones (excluding diaryl/α,β-unsaturated/α-hetero) is 1. The van der Waals surface area contributed by atoms with Crippen LogP contribution in [0.25, 0.3) is 0 Å². The number of hydrogen-bond acceptors (Lipinski definition) is 13. The van der Waals surface area contributed by atoms with Crippen molar-refractivity contribution in [2.75, 3.05) is 34.4 Å². The van der Waals surface area contributed by atoms with Gasteiger partial charge in [-0.2, -0.15) is 4.99 Å². The number of rotatable bonds is 8.